The van der Waals surface area contributed by atoms with Gasteiger partial charge in [0.15, 0.2) is 5.78 Å². The second-order valence-corrected chi connectivity index (χ2v) is 14.5. The Labute approximate surface area is 236 Å². The molecule has 0 bridgehead atoms. The van der Waals surface area contributed by atoms with Crippen LogP contribution in [0.25, 0.3) is 0 Å². The fourth-order valence-electron chi connectivity index (χ4n) is 4.18. The zero-order valence-electron chi connectivity index (χ0n) is 23.5. The molecule has 0 saturated heterocycles. The first-order valence-corrected chi connectivity index (χ1v) is 16.9. The Balaban J connectivity index is 2.26. The number of ketones is 1. The molecule has 3 N–H and O–H groups in total. The van der Waals surface area contributed by atoms with Crippen molar-refractivity contribution < 1.29 is 35.9 Å². The second-order valence-electron chi connectivity index (χ2n) is 9.32. The summed E-state index contributed by atoms with van der Waals surface area (Å²) in [5, 5.41) is 5.93. The molecule has 0 spiro atoms. The summed E-state index contributed by atoms with van der Waals surface area (Å²) in [6.45, 7) is 10.3. The molecule has 224 valence electrons. The van der Waals surface area contributed by atoms with Crippen molar-refractivity contribution in [1.29, 1.82) is 0 Å². The fraction of sp³-hybridized carbons (Fsp3) is 0.750. The van der Waals surface area contributed by atoms with E-state index in [4.69, 9.17) is 9.47 Å². The van der Waals surface area contributed by atoms with Gasteiger partial charge in [0.05, 0.1) is 6.04 Å². The molecule has 1 aromatic rings. The van der Waals surface area contributed by atoms with Crippen LogP contribution < -0.4 is 15.4 Å². The molecule has 12 nitrogen and oxygen atoms in total. The highest BCUT2D eigenvalue weighted by atomic mass is 32.3. The van der Waals surface area contributed by atoms with Crippen molar-refractivity contribution in [2.45, 2.75) is 86.6 Å². The highest BCUT2D eigenvalue weighted by Gasteiger charge is 2.40. The van der Waals surface area contributed by atoms with Gasteiger partial charge in [-0.05, 0) is 45.7 Å². The van der Waals surface area contributed by atoms with Crippen LogP contribution in [0.15, 0.2) is 14.5 Å². The molecular formula is C24H42N4O8S3. The number of carbonyl (C=O) groups excluding carboxylic acids is 2. The van der Waals surface area contributed by atoms with E-state index in [0.717, 1.165) is 6.42 Å². The maximum atomic E-state index is 13.4. The van der Waals surface area contributed by atoms with Crippen molar-refractivity contribution >= 4 is 43.1 Å². The molecule has 0 radical (unpaired) electrons. The van der Waals surface area contributed by atoms with Gasteiger partial charge in [0.2, 0.25) is 5.91 Å². The molecule has 1 aromatic heterocycles. The molecule has 1 aliphatic rings. The minimum atomic E-state index is -4.25. The predicted octanol–water partition coefficient (Wildman–Crippen LogP) is 1.39. The topological polar surface area (TPSA) is 160 Å². The maximum Gasteiger partial charge on any atom is 0.252 e. The van der Waals surface area contributed by atoms with Crippen molar-refractivity contribution in [2.75, 3.05) is 39.9 Å². The molecule has 0 aromatic carbocycles. The van der Waals surface area contributed by atoms with Crippen molar-refractivity contribution in [1.82, 2.24) is 19.7 Å². The molecule has 1 amide bonds. The highest BCUT2D eigenvalue weighted by molar-refractivity contribution is 7.94. The number of fused-ring (bicyclic) bond motifs is 1. The van der Waals surface area contributed by atoms with E-state index in [1.165, 1.54) is 24.2 Å². The number of ether oxygens (including phenoxy) is 2. The fourth-order valence-corrected chi connectivity index (χ4v) is 9.37. The summed E-state index contributed by atoms with van der Waals surface area (Å²) in [6.07, 6.45) is -0.550. The average molecular weight is 611 g/mol. The number of nitrogens with one attached hydrogen (secondary N) is 3. The zero-order valence-corrected chi connectivity index (χ0v) is 25.9. The Kier molecular flexibility index (Phi) is 12.9. The molecule has 2 unspecified atom stereocenters. The number of amides is 1. The number of Topliss-reactive ketones (excluding diaryl/α,β-unsaturated/α-hetero) is 1. The van der Waals surface area contributed by atoms with E-state index in [2.05, 4.69) is 15.4 Å². The Hall–Kier alpha value is -1.46. The Morgan fingerprint density at radius 1 is 1.21 bits per heavy atom. The number of thiophene rings is 1. The number of hydrogen-bond donors (Lipinski definition) is 3. The largest absolute Gasteiger partial charge is 0.385 e. The van der Waals surface area contributed by atoms with Crippen LogP contribution in [-0.2, 0) is 39.1 Å². The van der Waals surface area contributed by atoms with Crippen LogP contribution in [0, 0.1) is 0 Å². The summed E-state index contributed by atoms with van der Waals surface area (Å²) in [7, 11) is -6.61. The lowest BCUT2D eigenvalue weighted by molar-refractivity contribution is -0.143. The Morgan fingerprint density at radius 2 is 1.90 bits per heavy atom. The summed E-state index contributed by atoms with van der Waals surface area (Å²) in [5.74, 6) is -0.887. The first-order chi connectivity index (χ1) is 18.3. The molecule has 39 heavy (non-hydrogen) atoms. The van der Waals surface area contributed by atoms with Crippen LogP contribution in [0.5, 0.6) is 0 Å². The van der Waals surface area contributed by atoms with Crippen LogP contribution in [-0.4, -0.2) is 91.0 Å². The molecule has 0 aliphatic carbocycles. The molecule has 0 fully saturated rings. The van der Waals surface area contributed by atoms with Gasteiger partial charge >= 0.3 is 0 Å². The maximum absolute atomic E-state index is 13.4. The number of carbonyl (C=O) groups is 2. The lowest BCUT2D eigenvalue weighted by Gasteiger charge is -2.32. The second kappa shape index (κ2) is 15.0. The minimum absolute atomic E-state index is 0.0273. The Bertz CT molecular complexity index is 1190. The lowest BCUT2D eigenvalue weighted by atomic mass is 10.1. The van der Waals surface area contributed by atoms with Gasteiger partial charge in [-0.15, -0.1) is 11.3 Å². The van der Waals surface area contributed by atoms with E-state index < -0.39 is 44.1 Å². The third-order valence-electron chi connectivity index (χ3n) is 6.29. The molecule has 0 saturated carbocycles. The van der Waals surface area contributed by atoms with Gasteiger partial charge in [-0.2, -0.15) is 9.03 Å². The van der Waals surface area contributed by atoms with Gasteiger partial charge in [-0.1, -0.05) is 20.8 Å². The molecule has 1 aliphatic heterocycles. The standard InChI is InChI=1S/C24H42N4O8S3/c1-7-11-26-23(30)17(5)36-16(4)22(29)19(8-2)27-38(31,32)21-14-18-20(25-9-3)15-28(12-10-13-35-6)39(33,34)24(18)37-21/h14,16-17,19-20,25,27H,7-13,15H2,1-6H3,(H,26,30)/t16-,17?,19?,20-/m0/s1. The van der Waals surface area contributed by atoms with E-state index in [1.54, 1.807) is 14.0 Å². The van der Waals surface area contributed by atoms with Crippen LogP contribution in [0.2, 0.25) is 0 Å². The number of nitrogens with zero attached hydrogens (tertiary/aromatic N) is 1. The molecule has 2 rings (SSSR count). The normalized spacial score (nSPS) is 19.7. The van der Waals surface area contributed by atoms with E-state index in [0.29, 0.717) is 43.0 Å². The lowest BCUT2D eigenvalue weighted by Crippen LogP contribution is -2.46. The molecular weight excluding hydrogens is 568 g/mol. The number of rotatable bonds is 17. The van der Waals surface area contributed by atoms with E-state index in [1.807, 2.05) is 13.8 Å². The quantitative estimate of drug-likeness (QED) is 0.222. The predicted molar refractivity (Wildman–Crippen MR) is 149 cm³/mol. The van der Waals surface area contributed by atoms with Crippen LogP contribution in [0.4, 0.5) is 0 Å². The summed E-state index contributed by atoms with van der Waals surface area (Å²) in [5.41, 5.74) is 0.396. The van der Waals surface area contributed by atoms with E-state index in [9.17, 15) is 26.4 Å². The summed E-state index contributed by atoms with van der Waals surface area (Å²) >= 11 is 0.670. The third kappa shape index (κ3) is 8.52. The summed E-state index contributed by atoms with van der Waals surface area (Å²) in [6, 6.07) is -0.132. The number of methoxy groups -OCH3 is 1. The minimum Gasteiger partial charge on any atom is -0.385 e. The first kappa shape index (κ1) is 33.7. The highest BCUT2D eigenvalue weighted by Crippen LogP contribution is 2.40. The monoisotopic (exact) mass is 610 g/mol. The van der Waals surface area contributed by atoms with Crippen molar-refractivity contribution in [2.24, 2.45) is 0 Å². The first-order valence-electron chi connectivity index (χ1n) is 13.2. The van der Waals surface area contributed by atoms with Crippen molar-refractivity contribution in [3.05, 3.63) is 11.6 Å². The third-order valence-corrected chi connectivity index (χ3v) is 11.8. The van der Waals surface area contributed by atoms with Gasteiger partial charge < -0.3 is 20.1 Å². The average Bonchev–Trinajstić information content (AvgIpc) is 3.36. The summed E-state index contributed by atoms with van der Waals surface area (Å²) < 4.78 is 67.6. The van der Waals surface area contributed by atoms with Crippen molar-refractivity contribution in [3.63, 3.8) is 0 Å². The van der Waals surface area contributed by atoms with E-state index >= 15 is 0 Å². The van der Waals surface area contributed by atoms with Gasteiger partial charge in [0.25, 0.3) is 20.0 Å². The summed E-state index contributed by atoms with van der Waals surface area (Å²) in [4.78, 5) is 25.2. The molecule has 2 heterocycles. The van der Waals surface area contributed by atoms with Crippen LogP contribution >= 0.6 is 11.3 Å². The Morgan fingerprint density at radius 3 is 2.49 bits per heavy atom. The van der Waals surface area contributed by atoms with Crippen LogP contribution in [0.1, 0.15) is 65.5 Å². The van der Waals surface area contributed by atoms with E-state index in [-0.39, 0.29) is 39.9 Å². The smallest absolute Gasteiger partial charge is 0.252 e. The van der Waals surface area contributed by atoms with Crippen LogP contribution in [0.3, 0.4) is 0 Å². The number of likely N-dealkylation sites (N-methyl/N-ethyl adjacent to an activating group) is 1. The van der Waals surface area contributed by atoms with Crippen molar-refractivity contribution in [3.8, 4) is 0 Å². The van der Waals surface area contributed by atoms with Gasteiger partial charge in [-0.3, -0.25) is 9.59 Å². The van der Waals surface area contributed by atoms with Gasteiger partial charge in [0.1, 0.15) is 20.6 Å². The zero-order chi connectivity index (χ0) is 29.4. The van der Waals surface area contributed by atoms with Gasteiger partial charge in [0, 0.05) is 45.0 Å². The molecule has 4 atom stereocenters. The number of sulfonamides is 2. The SMILES string of the molecule is CCCNC(=O)C(C)O[C@@H](C)C(=O)C(CC)NS(=O)(=O)c1cc2c(s1)S(=O)(=O)N(CCCOC)C[C@@H]2NCC. The number of hydrogen-bond acceptors (Lipinski definition) is 10. The molecule has 15 heteroatoms. The van der Waals surface area contributed by atoms with Gasteiger partial charge in [-0.25, -0.2) is 16.8 Å².